The molecule has 5 N–H and O–H groups in total. The number of piperazine rings is 1. The van der Waals surface area contributed by atoms with Crippen molar-refractivity contribution in [3.05, 3.63) is 106 Å². The lowest BCUT2D eigenvalue weighted by Gasteiger charge is -2.39. The molecule has 0 radical (unpaired) electrons. The first-order chi connectivity index (χ1) is 19.4. The molecule has 208 valence electrons. The average Bonchev–Trinajstić information content (AvgIpc) is 2.97. The van der Waals surface area contributed by atoms with E-state index in [0.29, 0.717) is 30.2 Å². The molecule has 0 aromatic heterocycles. The Balaban J connectivity index is 1.45. The van der Waals surface area contributed by atoms with E-state index in [1.165, 1.54) is 23.4 Å². The first-order valence-electron chi connectivity index (χ1n) is 13.6. The van der Waals surface area contributed by atoms with Gasteiger partial charge in [0.05, 0.1) is 5.56 Å². The normalized spacial score (nSPS) is 17.1. The highest BCUT2D eigenvalue weighted by Crippen LogP contribution is 2.37. The van der Waals surface area contributed by atoms with Crippen LogP contribution in [-0.2, 0) is 24.2 Å². The van der Waals surface area contributed by atoms with Crippen LogP contribution in [0.5, 0.6) is 0 Å². The van der Waals surface area contributed by atoms with Crippen molar-refractivity contribution in [1.29, 1.82) is 0 Å². The van der Waals surface area contributed by atoms with Gasteiger partial charge in [0, 0.05) is 55.7 Å². The number of hydrogen-bond acceptors (Lipinski definition) is 6. The van der Waals surface area contributed by atoms with Crippen LogP contribution in [0, 0.1) is 0 Å². The summed E-state index contributed by atoms with van der Waals surface area (Å²) >= 11 is 6.24. The molecular formula is C31H34ClN5O3. The van der Waals surface area contributed by atoms with Gasteiger partial charge in [0.15, 0.2) is 0 Å². The maximum Gasteiger partial charge on any atom is 0.335 e. The molecule has 2 heterocycles. The lowest BCUT2D eigenvalue weighted by atomic mass is 9.90. The van der Waals surface area contributed by atoms with E-state index in [1.807, 2.05) is 36.5 Å². The molecule has 1 unspecified atom stereocenters. The summed E-state index contributed by atoms with van der Waals surface area (Å²) in [5, 5.41) is 16.3. The lowest BCUT2D eigenvalue weighted by Crippen LogP contribution is -2.45. The van der Waals surface area contributed by atoms with E-state index in [1.54, 1.807) is 12.1 Å². The predicted octanol–water partition coefficient (Wildman–Crippen LogP) is 4.20. The molecule has 0 saturated carbocycles. The molecule has 40 heavy (non-hydrogen) atoms. The van der Waals surface area contributed by atoms with Crippen LogP contribution in [0.1, 0.15) is 38.7 Å². The number of hydrogen-bond donors (Lipinski definition) is 4. The highest BCUT2D eigenvalue weighted by Gasteiger charge is 2.33. The Bertz CT molecular complexity index is 1400. The number of carboxylic acids is 1. The van der Waals surface area contributed by atoms with Crippen molar-refractivity contribution < 1.29 is 14.7 Å². The molecule has 1 saturated heterocycles. The fourth-order valence-corrected chi connectivity index (χ4v) is 5.72. The standard InChI is InChI=1S/C31H34ClN5O3/c32-24-9-6-23(20-33)22(19-24)3-2-15-37-16-12-26-27(4-1-5-28(26)36-17-13-34-14-18-36)29(37)30(38)35-25-10-7-21(8-11-25)31(39)40/h1-2,4-11,15,19,29,34H,3,12-14,16-18,20,33H2,(H,35,38)(H,39,40)/b15-2+. The lowest BCUT2D eigenvalue weighted by molar-refractivity contribution is -0.120. The minimum Gasteiger partial charge on any atom is -0.478 e. The second-order valence-corrected chi connectivity index (χ2v) is 10.5. The van der Waals surface area contributed by atoms with Gasteiger partial charge in [-0.05, 0) is 83.8 Å². The van der Waals surface area contributed by atoms with Crippen molar-refractivity contribution in [3.8, 4) is 0 Å². The van der Waals surface area contributed by atoms with E-state index >= 15 is 0 Å². The SMILES string of the molecule is NCc1ccc(Cl)cc1C/C=C/N1CCc2c(cccc2N2CCNCC2)C1C(=O)Nc1ccc(C(=O)O)cc1. The van der Waals surface area contributed by atoms with Gasteiger partial charge in [0.25, 0.3) is 5.91 Å². The number of nitrogens with zero attached hydrogens (tertiary/aromatic N) is 2. The van der Waals surface area contributed by atoms with Gasteiger partial charge < -0.3 is 31.3 Å². The van der Waals surface area contributed by atoms with Crippen LogP contribution >= 0.6 is 11.6 Å². The number of allylic oxidation sites excluding steroid dienone is 1. The zero-order chi connectivity index (χ0) is 28.1. The smallest absolute Gasteiger partial charge is 0.335 e. The van der Waals surface area contributed by atoms with Gasteiger partial charge in [0.1, 0.15) is 6.04 Å². The van der Waals surface area contributed by atoms with Crippen molar-refractivity contribution in [2.75, 3.05) is 42.9 Å². The van der Waals surface area contributed by atoms with Crippen LogP contribution < -0.4 is 21.3 Å². The maximum absolute atomic E-state index is 13.9. The van der Waals surface area contributed by atoms with Gasteiger partial charge in [-0.3, -0.25) is 4.79 Å². The van der Waals surface area contributed by atoms with Crippen LogP contribution in [0.2, 0.25) is 5.02 Å². The van der Waals surface area contributed by atoms with Gasteiger partial charge in [0.2, 0.25) is 0 Å². The summed E-state index contributed by atoms with van der Waals surface area (Å²) in [6.07, 6.45) is 5.52. The largest absolute Gasteiger partial charge is 0.478 e. The fraction of sp³-hybridized carbons (Fsp3) is 0.290. The second-order valence-electron chi connectivity index (χ2n) is 10.1. The third kappa shape index (κ3) is 6.14. The van der Waals surface area contributed by atoms with Crippen LogP contribution in [-0.4, -0.2) is 54.6 Å². The molecule has 3 aromatic rings. The summed E-state index contributed by atoms with van der Waals surface area (Å²) in [4.78, 5) is 29.6. The van der Waals surface area contributed by atoms with E-state index in [0.717, 1.165) is 49.3 Å². The number of rotatable bonds is 8. The fourth-order valence-electron chi connectivity index (χ4n) is 5.53. The van der Waals surface area contributed by atoms with Gasteiger partial charge in [-0.15, -0.1) is 0 Å². The molecule has 0 spiro atoms. The summed E-state index contributed by atoms with van der Waals surface area (Å²) in [6, 6.07) is 17.6. The van der Waals surface area contributed by atoms with Crippen LogP contribution in [0.15, 0.2) is 72.9 Å². The van der Waals surface area contributed by atoms with E-state index in [9.17, 15) is 14.7 Å². The quantitative estimate of drug-likeness (QED) is 0.327. The number of carboxylic acid groups (broad SMARTS) is 1. The molecule has 2 aliphatic heterocycles. The molecule has 3 aromatic carbocycles. The summed E-state index contributed by atoms with van der Waals surface area (Å²) in [5.41, 5.74) is 12.1. The maximum atomic E-state index is 13.9. The highest BCUT2D eigenvalue weighted by molar-refractivity contribution is 6.30. The molecule has 0 bridgehead atoms. The number of carbonyl (C=O) groups is 2. The van der Waals surface area contributed by atoms with Crippen LogP contribution in [0.25, 0.3) is 0 Å². The molecule has 5 rings (SSSR count). The Hall–Kier alpha value is -3.85. The van der Waals surface area contributed by atoms with E-state index in [4.69, 9.17) is 17.3 Å². The molecular weight excluding hydrogens is 526 g/mol. The topological polar surface area (TPSA) is 111 Å². The summed E-state index contributed by atoms with van der Waals surface area (Å²) < 4.78 is 0. The van der Waals surface area contributed by atoms with Crippen molar-refractivity contribution in [2.24, 2.45) is 5.73 Å². The number of nitrogens with one attached hydrogen (secondary N) is 2. The van der Waals surface area contributed by atoms with Gasteiger partial charge >= 0.3 is 5.97 Å². The van der Waals surface area contributed by atoms with Gasteiger partial charge in [-0.2, -0.15) is 0 Å². The number of halogens is 1. The number of benzene rings is 3. The number of anilines is 2. The average molecular weight is 560 g/mol. The van der Waals surface area contributed by atoms with Crippen molar-refractivity contribution >= 4 is 34.9 Å². The zero-order valence-electron chi connectivity index (χ0n) is 22.3. The summed E-state index contributed by atoms with van der Waals surface area (Å²) in [7, 11) is 0. The Morgan fingerprint density at radius 3 is 2.55 bits per heavy atom. The molecule has 9 heteroatoms. The van der Waals surface area contributed by atoms with Crippen molar-refractivity contribution in [1.82, 2.24) is 10.2 Å². The number of nitrogens with two attached hydrogens (primary N) is 1. The number of aromatic carboxylic acids is 1. The summed E-state index contributed by atoms with van der Waals surface area (Å²) in [6.45, 7) is 4.83. The van der Waals surface area contributed by atoms with E-state index in [2.05, 4.69) is 32.6 Å². The van der Waals surface area contributed by atoms with Gasteiger partial charge in [-0.25, -0.2) is 4.79 Å². The summed E-state index contributed by atoms with van der Waals surface area (Å²) in [5.74, 6) is -1.18. The van der Waals surface area contributed by atoms with E-state index in [-0.39, 0.29) is 11.5 Å². The first-order valence-corrected chi connectivity index (χ1v) is 13.9. The zero-order valence-corrected chi connectivity index (χ0v) is 23.0. The molecule has 1 amide bonds. The predicted molar refractivity (Wildman–Crippen MR) is 159 cm³/mol. The van der Waals surface area contributed by atoms with Crippen LogP contribution in [0.3, 0.4) is 0 Å². The third-order valence-electron chi connectivity index (χ3n) is 7.56. The monoisotopic (exact) mass is 559 g/mol. The minimum absolute atomic E-state index is 0.170. The third-order valence-corrected chi connectivity index (χ3v) is 7.80. The molecule has 1 atom stereocenters. The van der Waals surface area contributed by atoms with Gasteiger partial charge in [-0.1, -0.05) is 35.9 Å². The van der Waals surface area contributed by atoms with Crippen molar-refractivity contribution in [3.63, 3.8) is 0 Å². The molecule has 2 aliphatic rings. The first kappa shape index (κ1) is 27.7. The number of fused-ring (bicyclic) bond motifs is 1. The number of amides is 1. The minimum atomic E-state index is -1.01. The highest BCUT2D eigenvalue weighted by atomic mass is 35.5. The number of carbonyl (C=O) groups excluding carboxylic acids is 1. The van der Waals surface area contributed by atoms with Crippen molar-refractivity contribution in [2.45, 2.75) is 25.4 Å². The Morgan fingerprint density at radius 2 is 1.82 bits per heavy atom. The Kier molecular flexibility index (Phi) is 8.69. The van der Waals surface area contributed by atoms with E-state index < -0.39 is 12.0 Å². The molecule has 0 aliphatic carbocycles. The second kappa shape index (κ2) is 12.6. The Labute approximate surface area is 239 Å². The Morgan fingerprint density at radius 1 is 1.05 bits per heavy atom. The molecule has 1 fully saturated rings. The van der Waals surface area contributed by atoms with Crippen LogP contribution in [0.4, 0.5) is 11.4 Å². The molecule has 8 nitrogen and oxygen atoms in total.